The van der Waals surface area contributed by atoms with Crippen LogP contribution in [0.3, 0.4) is 0 Å². The van der Waals surface area contributed by atoms with Crippen molar-refractivity contribution < 1.29 is 9.84 Å². The highest BCUT2D eigenvalue weighted by molar-refractivity contribution is 5.33. The summed E-state index contributed by atoms with van der Waals surface area (Å²) >= 11 is 0. The number of rotatable bonds is 3. The van der Waals surface area contributed by atoms with E-state index in [4.69, 9.17) is 4.74 Å². The summed E-state index contributed by atoms with van der Waals surface area (Å²) in [6.07, 6.45) is 2.95. The lowest BCUT2D eigenvalue weighted by atomic mass is 9.63. The first kappa shape index (κ1) is 14.4. The van der Waals surface area contributed by atoms with Crippen LogP contribution in [0.2, 0.25) is 0 Å². The summed E-state index contributed by atoms with van der Waals surface area (Å²) in [5, 5.41) is 11.1. The Morgan fingerprint density at radius 1 is 1.32 bits per heavy atom. The van der Waals surface area contributed by atoms with Gasteiger partial charge in [-0.05, 0) is 55.2 Å². The maximum absolute atomic E-state index is 11.1. The van der Waals surface area contributed by atoms with E-state index in [1.54, 1.807) is 0 Å². The first-order valence-electron chi connectivity index (χ1n) is 7.33. The molecule has 1 fully saturated rings. The zero-order chi connectivity index (χ0) is 14.1. The van der Waals surface area contributed by atoms with Gasteiger partial charge >= 0.3 is 0 Å². The average Bonchev–Trinajstić information content (AvgIpc) is 2.35. The fourth-order valence-corrected chi connectivity index (χ4v) is 3.33. The van der Waals surface area contributed by atoms with E-state index in [9.17, 15) is 5.11 Å². The maximum atomic E-state index is 11.1. The van der Waals surface area contributed by atoms with Crippen LogP contribution in [0.5, 0.6) is 5.75 Å². The number of ether oxygens (including phenoxy) is 1. The largest absolute Gasteiger partial charge is 0.494 e. The van der Waals surface area contributed by atoms with Crippen molar-refractivity contribution in [3.63, 3.8) is 0 Å². The lowest BCUT2D eigenvalue weighted by molar-refractivity contribution is -0.0770. The lowest BCUT2D eigenvalue weighted by Crippen LogP contribution is -2.41. The molecule has 0 aliphatic heterocycles. The minimum absolute atomic E-state index is 0.271. The normalized spacial score (nSPS) is 30.1. The van der Waals surface area contributed by atoms with Crippen LogP contribution in [-0.4, -0.2) is 11.7 Å². The van der Waals surface area contributed by atoms with E-state index < -0.39 is 5.60 Å². The van der Waals surface area contributed by atoms with E-state index in [1.165, 1.54) is 0 Å². The van der Waals surface area contributed by atoms with Crippen LogP contribution in [0, 0.1) is 11.3 Å². The smallest absolute Gasteiger partial charge is 0.119 e. The van der Waals surface area contributed by atoms with Crippen LogP contribution in [0.25, 0.3) is 0 Å². The molecule has 2 heteroatoms. The quantitative estimate of drug-likeness (QED) is 0.888. The first-order chi connectivity index (χ1) is 8.87. The lowest BCUT2D eigenvalue weighted by Gasteiger charge is -2.45. The molecule has 2 atom stereocenters. The van der Waals surface area contributed by atoms with E-state index in [0.717, 1.165) is 30.6 Å². The zero-order valence-electron chi connectivity index (χ0n) is 12.6. The first-order valence-corrected chi connectivity index (χ1v) is 7.33. The third kappa shape index (κ3) is 2.94. The predicted molar refractivity (Wildman–Crippen MR) is 78.3 cm³/mol. The van der Waals surface area contributed by atoms with Crippen LogP contribution < -0.4 is 4.74 Å². The molecule has 2 unspecified atom stereocenters. The van der Waals surface area contributed by atoms with E-state index in [-0.39, 0.29) is 5.92 Å². The van der Waals surface area contributed by atoms with Gasteiger partial charge in [0.2, 0.25) is 0 Å². The second-order valence-corrected chi connectivity index (χ2v) is 6.65. The summed E-state index contributed by atoms with van der Waals surface area (Å²) in [5.74, 6) is 1.12. The van der Waals surface area contributed by atoms with Crippen molar-refractivity contribution in [2.24, 2.45) is 11.3 Å². The Balaban J connectivity index is 2.27. The molecule has 2 nitrogen and oxygen atoms in total. The molecule has 106 valence electrons. The van der Waals surface area contributed by atoms with Crippen molar-refractivity contribution in [3.05, 3.63) is 29.8 Å². The summed E-state index contributed by atoms with van der Waals surface area (Å²) in [5.41, 5.74) is 0.632. The molecular formula is C17H26O2. The molecule has 1 aliphatic carbocycles. The molecule has 1 N–H and O–H groups in total. The molecule has 2 rings (SSSR count). The predicted octanol–water partition coefficient (Wildman–Crippen LogP) is 4.12. The minimum Gasteiger partial charge on any atom is -0.494 e. The van der Waals surface area contributed by atoms with Gasteiger partial charge in [-0.1, -0.05) is 32.9 Å². The topological polar surface area (TPSA) is 29.5 Å². The zero-order valence-corrected chi connectivity index (χ0v) is 12.6. The molecule has 1 aromatic carbocycles. The molecule has 0 spiro atoms. The molecule has 0 aromatic heterocycles. The molecule has 1 aliphatic rings. The molecule has 0 radical (unpaired) electrons. The van der Waals surface area contributed by atoms with E-state index in [2.05, 4.69) is 20.8 Å². The fourth-order valence-electron chi connectivity index (χ4n) is 3.33. The molecule has 0 bridgehead atoms. The van der Waals surface area contributed by atoms with Gasteiger partial charge < -0.3 is 9.84 Å². The average molecular weight is 262 g/mol. The molecular weight excluding hydrogens is 236 g/mol. The number of hydrogen-bond donors (Lipinski definition) is 1. The van der Waals surface area contributed by atoms with Gasteiger partial charge in [0.25, 0.3) is 0 Å². The van der Waals surface area contributed by atoms with Crippen molar-refractivity contribution in [1.82, 2.24) is 0 Å². The van der Waals surface area contributed by atoms with Gasteiger partial charge in [0.15, 0.2) is 0 Å². The SMILES string of the molecule is CCOc1cccc(C2(O)CCC(C)(C)CC2C)c1. The Labute approximate surface area is 116 Å². The van der Waals surface area contributed by atoms with Crippen LogP contribution in [-0.2, 0) is 5.60 Å². The summed E-state index contributed by atoms with van der Waals surface area (Å²) in [6.45, 7) is 9.38. The van der Waals surface area contributed by atoms with Crippen LogP contribution in [0.1, 0.15) is 52.5 Å². The van der Waals surface area contributed by atoms with Gasteiger partial charge in [0, 0.05) is 0 Å². The van der Waals surface area contributed by atoms with Crippen molar-refractivity contribution in [2.45, 2.75) is 52.6 Å². The monoisotopic (exact) mass is 262 g/mol. The van der Waals surface area contributed by atoms with Gasteiger partial charge in [-0.2, -0.15) is 0 Å². The van der Waals surface area contributed by atoms with Crippen LogP contribution in [0.4, 0.5) is 0 Å². The molecule has 0 amide bonds. The standard InChI is InChI=1S/C17H26O2/c1-5-19-15-8-6-7-14(11-15)17(18)10-9-16(3,4)12-13(17)2/h6-8,11,13,18H,5,9-10,12H2,1-4H3. The van der Waals surface area contributed by atoms with Crippen LogP contribution in [0.15, 0.2) is 24.3 Å². The Morgan fingerprint density at radius 3 is 2.68 bits per heavy atom. The van der Waals surface area contributed by atoms with E-state index >= 15 is 0 Å². The molecule has 19 heavy (non-hydrogen) atoms. The Kier molecular flexibility index (Phi) is 3.91. The minimum atomic E-state index is -0.706. The third-order valence-electron chi connectivity index (χ3n) is 4.50. The van der Waals surface area contributed by atoms with Gasteiger partial charge in [0.1, 0.15) is 5.75 Å². The maximum Gasteiger partial charge on any atom is 0.119 e. The van der Waals surface area contributed by atoms with Crippen molar-refractivity contribution >= 4 is 0 Å². The van der Waals surface area contributed by atoms with Crippen molar-refractivity contribution in [3.8, 4) is 5.75 Å². The van der Waals surface area contributed by atoms with Gasteiger partial charge in [-0.25, -0.2) is 0 Å². The second-order valence-electron chi connectivity index (χ2n) is 6.65. The highest BCUT2D eigenvalue weighted by Gasteiger charge is 2.43. The number of benzene rings is 1. The summed E-state index contributed by atoms with van der Waals surface area (Å²) in [7, 11) is 0. The van der Waals surface area contributed by atoms with Crippen LogP contribution >= 0.6 is 0 Å². The second kappa shape index (κ2) is 5.16. The Morgan fingerprint density at radius 2 is 2.05 bits per heavy atom. The van der Waals surface area contributed by atoms with Gasteiger partial charge in [-0.3, -0.25) is 0 Å². The van der Waals surface area contributed by atoms with E-state index in [1.807, 2.05) is 31.2 Å². The van der Waals surface area contributed by atoms with Crippen molar-refractivity contribution in [2.75, 3.05) is 6.61 Å². The van der Waals surface area contributed by atoms with Gasteiger partial charge in [0.05, 0.1) is 12.2 Å². The summed E-state index contributed by atoms with van der Waals surface area (Å²) < 4.78 is 5.55. The number of hydrogen-bond acceptors (Lipinski definition) is 2. The molecule has 0 heterocycles. The molecule has 0 saturated heterocycles. The Hall–Kier alpha value is -1.02. The Bertz CT molecular complexity index is 439. The van der Waals surface area contributed by atoms with Gasteiger partial charge in [-0.15, -0.1) is 0 Å². The highest BCUT2D eigenvalue weighted by Crippen LogP contribution is 2.48. The van der Waals surface area contributed by atoms with E-state index in [0.29, 0.717) is 12.0 Å². The summed E-state index contributed by atoms with van der Waals surface area (Å²) in [6, 6.07) is 7.95. The highest BCUT2D eigenvalue weighted by atomic mass is 16.5. The number of aliphatic hydroxyl groups is 1. The van der Waals surface area contributed by atoms with Crippen molar-refractivity contribution in [1.29, 1.82) is 0 Å². The third-order valence-corrected chi connectivity index (χ3v) is 4.50. The molecule has 1 aromatic rings. The fraction of sp³-hybridized carbons (Fsp3) is 0.647. The summed E-state index contributed by atoms with van der Waals surface area (Å²) in [4.78, 5) is 0. The molecule has 1 saturated carbocycles.